The number of rotatable bonds is 9. The Morgan fingerprint density at radius 3 is 2.36 bits per heavy atom. The van der Waals surface area contributed by atoms with E-state index in [4.69, 9.17) is 19.3 Å². The number of hydrogen-bond acceptors (Lipinski definition) is 5. The summed E-state index contributed by atoms with van der Waals surface area (Å²) in [6.45, 7) is 5.75. The van der Waals surface area contributed by atoms with E-state index in [0.717, 1.165) is 60.7 Å². The zero-order valence-electron chi connectivity index (χ0n) is 23.3. The molecule has 6 nitrogen and oxygen atoms in total. The van der Waals surface area contributed by atoms with Gasteiger partial charge < -0.3 is 20.7 Å². The van der Waals surface area contributed by atoms with E-state index >= 15 is 0 Å². The Morgan fingerprint density at radius 1 is 1.05 bits per heavy atom. The largest absolute Gasteiger partial charge is 1.00 e. The van der Waals surface area contributed by atoms with Crippen LogP contribution in [0.2, 0.25) is 0 Å². The number of aryl methyl sites for hydroxylation is 1. The zero-order chi connectivity index (χ0) is 26.7. The molecule has 1 fully saturated rings. The molecule has 0 saturated carbocycles. The average molecular weight is 540 g/mol. The molecule has 0 atom stereocenters. The number of carboxylic acids is 1. The number of morpholine rings is 1. The van der Waals surface area contributed by atoms with Gasteiger partial charge in [-0.25, -0.2) is 9.18 Å². The number of carboxylic acid groups (broad SMARTS) is 1. The molecule has 1 aliphatic heterocycles. The van der Waals surface area contributed by atoms with Crippen LogP contribution in [0, 0.1) is 24.6 Å². The molecule has 39 heavy (non-hydrogen) atoms. The second-order valence-electron chi connectivity index (χ2n) is 8.81. The molecule has 0 bridgehead atoms. The van der Waals surface area contributed by atoms with Crippen LogP contribution in [0.1, 0.15) is 23.7 Å². The second-order valence-corrected chi connectivity index (χ2v) is 8.81. The minimum Gasteiger partial charge on any atom is -1.00 e. The Bertz CT molecular complexity index is 1330. The number of hydrogen-bond donors (Lipinski definition) is 1. The van der Waals surface area contributed by atoms with Crippen molar-refractivity contribution in [2.75, 3.05) is 46.1 Å². The molecule has 1 aliphatic rings. The Balaban J connectivity index is 0.00000280. The van der Waals surface area contributed by atoms with Crippen LogP contribution < -0.4 is 39.0 Å². The number of aliphatic carboxylic acids is 1. The smallest absolute Gasteiger partial charge is 1.00 e. The number of carbonyl (C=O) groups is 1. The maximum atomic E-state index is 13.6. The van der Waals surface area contributed by atoms with Crippen molar-refractivity contribution in [2.24, 2.45) is 0 Å². The fourth-order valence-electron chi connectivity index (χ4n) is 4.01. The van der Waals surface area contributed by atoms with Crippen molar-refractivity contribution in [3.8, 4) is 23.3 Å². The van der Waals surface area contributed by atoms with Gasteiger partial charge in [-0.15, -0.1) is 0 Å². The maximum Gasteiger partial charge on any atom is 1.00 e. The monoisotopic (exact) mass is 539 g/mol. The molecular weight excluding hydrogens is 508 g/mol. The summed E-state index contributed by atoms with van der Waals surface area (Å²) in [6, 6.07) is 19.6. The molecular formula is C31H31FNNaO5. The zero-order valence-corrected chi connectivity index (χ0v) is 24.3. The summed E-state index contributed by atoms with van der Waals surface area (Å²) in [5.41, 5.74) is 4.45. The molecule has 3 aromatic rings. The van der Waals surface area contributed by atoms with Gasteiger partial charge in [0.25, 0.3) is 0 Å². The molecule has 0 amide bonds. The summed E-state index contributed by atoms with van der Waals surface area (Å²) in [6.07, 6.45) is 1.95. The standard InChI is InChI=1S/C31H30FNO5.Na.H/c1-23-21-28(12-13-30(23)38-22-31(34)35)37-18-14-29(26-8-10-27(32)11-9-26)25-6-4-24(5-7-25)3-2-15-33-16-19-36-20-17-33;;/h4-14,21H,15-20,22H2,1H3,(H,34,35);;/q;+1;-1/b29-14-;;. The van der Waals surface area contributed by atoms with Crippen molar-refractivity contribution in [2.45, 2.75) is 6.92 Å². The Labute approximate surface area is 252 Å². The van der Waals surface area contributed by atoms with Gasteiger partial charge in [0.05, 0.1) is 19.8 Å². The Hall–Kier alpha value is -3.12. The fourth-order valence-corrected chi connectivity index (χ4v) is 4.01. The molecule has 1 saturated heterocycles. The van der Waals surface area contributed by atoms with Gasteiger partial charge in [-0.2, -0.15) is 0 Å². The molecule has 8 heteroatoms. The number of halogens is 1. The van der Waals surface area contributed by atoms with Gasteiger partial charge in [0.2, 0.25) is 0 Å². The molecule has 0 unspecified atom stereocenters. The van der Waals surface area contributed by atoms with Gasteiger partial charge in [-0.1, -0.05) is 36.1 Å². The van der Waals surface area contributed by atoms with E-state index in [1.54, 1.807) is 30.3 Å². The van der Waals surface area contributed by atoms with Crippen LogP contribution in [0.5, 0.6) is 11.5 Å². The van der Waals surface area contributed by atoms with Crippen molar-refractivity contribution < 1.29 is 59.5 Å². The second kappa shape index (κ2) is 15.5. The first-order chi connectivity index (χ1) is 18.5. The van der Waals surface area contributed by atoms with Gasteiger partial charge >= 0.3 is 35.5 Å². The van der Waals surface area contributed by atoms with E-state index in [0.29, 0.717) is 11.5 Å². The number of ether oxygens (including phenoxy) is 3. The van der Waals surface area contributed by atoms with Crippen LogP contribution in [0.3, 0.4) is 0 Å². The molecule has 0 radical (unpaired) electrons. The molecule has 0 aromatic heterocycles. The predicted molar refractivity (Wildman–Crippen MR) is 145 cm³/mol. The SMILES string of the molecule is Cc1cc(OC/C=C(\c2ccc(F)cc2)c2ccc(C#CCN3CCOCC3)cc2)ccc1OCC(=O)O.[H-].[Na+]. The third kappa shape index (κ3) is 9.54. The minimum atomic E-state index is -1.03. The van der Waals surface area contributed by atoms with Crippen molar-refractivity contribution in [1.82, 2.24) is 4.90 Å². The molecule has 4 rings (SSSR count). The normalized spacial score (nSPS) is 13.5. The van der Waals surface area contributed by atoms with E-state index in [9.17, 15) is 9.18 Å². The van der Waals surface area contributed by atoms with Crippen LogP contribution in [0.25, 0.3) is 5.57 Å². The quantitative estimate of drug-likeness (QED) is 0.331. The molecule has 1 heterocycles. The summed E-state index contributed by atoms with van der Waals surface area (Å²) in [4.78, 5) is 13.0. The van der Waals surface area contributed by atoms with Crippen molar-refractivity contribution in [1.29, 1.82) is 0 Å². The summed E-state index contributed by atoms with van der Waals surface area (Å²) < 4.78 is 30.2. The summed E-state index contributed by atoms with van der Waals surface area (Å²) >= 11 is 0. The van der Waals surface area contributed by atoms with Gasteiger partial charge in [0, 0.05) is 18.7 Å². The topological polar surface area (TPSA) is 68.2 Å². The Kier molecular flexibility index (Phi) is 12.1. The van der Waals surface area contributed by atoms with E-state index in [-0.39, 0.29) is 43.4 Å². The summed E-state index contributed by atoms with van der Waals surface area (Å²) in [7, 11) is 0. The van der Waals surface area contributed by atoms with E-state index in [1.165, 1.54) is 12.1 Å². The third-order valence-electron chi connectivity index (χ3n) is 6.03. The average Bonchev–Trinajstić information content (AvgIpc) is 2.92. The van der Waals surface area contributed by atoms with Crippen molar-refractivity contribution >= 4 is 11.5 Å². The number of benzene rings is 3. The number of nitrogens with zero attached hydrogens (tertiary/aromatic N) is 1. The van der Waals surface area contributed by atoms with Gasteiger partial charge in [-0.3, -0.25) is 4.90 Å². The molecule has 0 spiro atoms. The van der Waals surface area contributed by atoms with Gasteiger partial charge in [0.15, 0.2) is 6.61 Å². The summed E-state index contributed by atoms with van der Waals surface area (Å²) in [5.74, 6) is 6.26. The van der Waals surface area contributed by atoms with Crippen molar-refractivity contribution in [3.05, 3.63) is 101 Å². The summed E-state index contributed by atoms with van der Waals surface area (Å²) in [5, 5.41) is 8.80. The van der Waals surface area contributed by atoms with E-state index in [2.05, 4.69) is 16.7 Å². The van der Waals surface area contributed by atoms with Crippen LogP contribution in [-0.2, 0) is 9.53 Å². The van der Waals surface area contributed by atoms with E-state index in [1.807, 2.05) is 37.3 Å². The van der Waals surface area contributed by atoms with Gasteiger partial charge in [0.1, 0.15) is 23.9 Å². The third-order valence-corrected chi connectivity index (χ3v) is 6.03. The molecule has 1 N–H and O–H groups in total. The first-order valence-corrected chi connectivity index (χ1v) is 12.4. The minimum absolute atomic E-state index is 0. The fraction of sp³-hybridized carbons (Fsp3) is 0.258. The predicted octanol–water partition coefficient (Wildman–Crippen LogP) is 1.91. The van der Waals surface area contributed by atoms with Crippen LogP contribution in [0.4, 0.5) is 4.39 Å². The van der Waals surface area contributed by atoms with Crippen molar-refractivity contribution in [3.63, 3.8) is 0 Å². The maximum absolute atomic E-state index is 13.6. The van der Waals surface area contributed by atoms with Gasteiger partial charge in [-0.05, 0) is 77.7 Å². The first kappa shape index (κ1) is 30.4. The van der Waals surface area contributed by atoms with E-state index < -0.39 is 12.6 Å². The first-order valence-electron chi connectivity index (χ1n) is 12.4. The Morgan fingerprint density at radius 2 is 1.72 bits per heavy atom. The van der Waals surface area contributed by atoms with Crippen LogP contribution >= 0.6 is 0 Å². The molecule has 0 aliphatic carbocycles. The van der Waals surface area contributed by atoms with Crippen LogP contribution in [-0.4, -0.2) is 62.0 Å². The van der Waals surface area contributed by atoms with Crippen LogP contribution in [0.15, 0.2) is 72.8 Å². The molecule has 3 aromatic carbocycles. The molecule has 198 valence electrons.